The highest BCUT2D eigenvalue weighted by Crippen LogP contribution is 2.06. The monoisotopic (exact) mass is 285 g/mol. The average Bonchev–Trinajstić information content (AvgIpc) is 2.35. The first kappa shape index (κ1) is 17.3. The summed E-state index contributed by atoms with van der Waals surface area (Å²) in [6.45, 7) is -2.22. The van der Waals surface area contributed by atoms with Crippen molar-refractivity contribution in [3.63, 3.8) is 0 Å². The van der Waals surface area contributed by atoms with Gasteiger partial charge in [-0.05, 0) is 6.42 Å². The fourth-order valence-corrected chi connectivity index (χ4v) is 2.62. The van der Waals surface area contributed by atoms with Crippen molar-refractivity contribution in [3.05, 3.63) is 0 Å². The summed E-state index contributed by atoms with van der Waals surface area (Å²) in [7, 11) is -2.62. The smallest absolute Gasteiger partial charge is 0.305 e. The molecule has 0 aliphatic heterocycles. The Hall–Kier alpha value is -0.740. The minimum Gasteiger partial charge on any atom is -0.469 e. The van der Waals surface area contributed by atoms with Gasteiger partial charge in [-0.3, -0.25) is 4.79 Å². The predicted molar refractivity (Wildman–Crippen MR) is 62.2 cm³/mol. The van der Waals surface area contributed by atoms with Crippen LogP contribution in [0.25, 0.3) is 0 Å². The van der Waals surface area contributed by atoms with Crippen LogP contribution in [0.3, 0.4) is 0 Å². The van der Waals surface area contributed by atoms with Crippen molar-refractivity contribution in [2.24, 2.45) is 0 Å². The lowest BCUT2D eigenvalue weighted by Gasteiger charge is -2.28. The fourth-order valence-electron chi connectivity index (χ4n) is 1.14. The maximum absolute atomic E-state index is 11.6. The van der Waals surface area contributed by atoms with Crippen molar-refractivity contribution in [1.82, 2.24) is 4.72 Å². The molecule has 18 heavy (non-hydrogen) atoms. The van der Waals surface area contributed by atoms with Gasteiger partial charge in [-0.15, -0.1) is 0 Å². The van der Waals surface area contributed by atoms with Gasteiger partial charge in [0, 0.05) is 6.42 Å². The van der Waals surface area contributed by atoms with E-state index in [0.717, 1.165) is 0 Å². The van der Waals surface area contributed by atoms with Gasteiger partial charge in [0.2, 0.25) is 10.0 Å². The first-order valence-corrected chi connectivity index (χ1v) is 6.91. The van der Waals surface area contributed by atoms with Crippen molar-refractivity contribution in [2.75, 3.05) is 32.7 Å². The van der Waals surface area contributed by atoms with E-state index in [1.165, 1.54) is 7.11 Å². The summed E-state index contributed by atoms with van der Waals surface area (Å²) in [5.74, 6) is -0.896. The molecule has 108 valence electrons. The number of aliphatic hydroxyl groups is 3. The van der Waals surface area contributed by atoms with E-state index in [9.17, 15) is 13.2 Å². The van der Waals surface area contributed by atoms with Gasteiger partial charge in [0.15, 0.2) is 0 Å². The molecule has 0 spiro atoms. The second-order valence-corrected chi connectivity index (χ2v) is 5.70. The summed E-state index contributed by atoms with van der Waals surface area (Å²) in [5, 5.41) is 26.9. The van der Waals surface area contributed by atoms with E-state index < -0.39 is 41.4 Å². The third kappa shape index (κ3) is 5.74. The number of rotatable bonds is 9. The van der Waals surface area contributed by atoms with Gasteiger partial charge in [-0.25, -0.2) is 13.1 Å². The van der Waals surface area contributed by atoms with E-state index in [1.807, 2.05) is 4.72 Å². The maximum atomic E-state index is 11.6. The van der Waals surface area contributed by atoms with Crippen LogP contribution in [-0.2, 0) is 19.6 Å². The Balaban J connectivity index is 4.42. The van der Waals surface area contributed by atoms with Crippen molar-refractivity contribution in [2.45, 2.75) is 18.4 Å². The molecule has 0 rings (SSSR count). The summed E-state index contributed by atoms with van der Waals surface area (Å²) in [6, 6.07) is 0. The van der Waals surface area contributed by atoms with Gasteiger partial charge in [-0.2, -0.15) is 0 Å². The highest BCUT2D eigenvalue weighted by Gasteiger charge is 2.32. The standard InChI is InChI=1S/C9H19NO7S/c1-17-8(14)3-2-4-18(15,16)10-9(5-11,6-12)7-13/h10-13H,2-7H2,1H3. The van der Waals surface area contributed by atoms with Crippen molar-refractivity contribution < 1.29 is 33.3 Å². The molecular formula is C9H19NO7S. The van der Waals surface area contributed by atoms with Gasteiger partial charge < -0.3 is 20.1 Å². The highest BCUT2D eigenvalue weighted by atomic mass is 32.2. The normalized spacial score (nSPS) is 12.4. The number of esters is 1. The van der Waals surface area contributed by atoms with Crippen LogP contribution >= 0.6 is 0 Å². The van der Waals surface area contributed by atoms with Crippen LogP contribution in [0.4, 0.5) is 0 Å². The number of ether oxygens (including phenoxy) is 1. The molecule has 0 bridgehead atoms. The molecular weight excluding hydrogens is 266 g/mol. The minimum absolute atomic E-state index is 0.0420. The Morgan fingerprint density at radius 3 is 2.11 bits per heavy atom. The summed E-state index contributed by atoms with van der Waals surface area (Å²) in [4.78, 5) is 10.8. The summed E-state index contributed by atoms with van der Waals surface area (Å²) >= 11 is 0. The zero-order valence-electron chi connectivity index (χ0n) is 10.1. The van der Waals surface area contributed by atoms with Crippen molar-refractivity contribution in [3.8, 4) is 0 Å². The first-order valence-electron chi connectivity index (χ1n) is 5.26. The summed E-state index contributed by atoms with van der Waals surface area (Å²) < 4.78 is 29.6. The Morgan fingerprint density at radius 1 is 1.22 bits per heavy atom. The molecule has 0 unspecified atom stereocenters. The lowest BCUT2D eigenvalue weighted by molar-refractivity contribution is -0.140. The molecule has 8 nitrogen and oxygen atoms in total. The largest absolute Gasteiger partial charge is 0.469 e. The van der Waals surface area contributed by atoms with Crippen molar-refractivity contribution >= 4 is 16.0 Å². The number of carbonyl (C=O) groups is 1. The molecule has 0 aromatic carbocycles. The molecule has 0 fully saturated rings. The Kier molecular flexibility index (Phi) is 7.33. The molecule has 0 saturated heterocycles. The third-order valence-electron chi connectivity index (χ3n) is 2.30. The van der Waals surface area contributed by atoms with E-state index in [0.29, 0.717) is 0 Å². The van der Waals surface area contributed by atoms with Gasteiger partial charge >= 0.3 is 5.97 Å². The topological polar surface area (TPSA) is 133 Å². The zero-order chi connectivity index (χ0) is 14.2. The Morgan fingerprint density at radius 2 is 1.72 bits per heavy atom. The van der Waals surface area contributed by atoms with E-state index in [-0.39, 0.29) is 18.6 Å². The molecule has 4 N–H and O–H groups in total. The van der Waals surface area contributed by atoms with Crippen molar-refractivity contribution in [1.29, 1.82) is 0 Å². The Bertz CT molecular complexity index is 342. The van der Waals surface area contributed by atoms with E-state index in [2.05, 4.69) is 4.74 Å². The van der Waals surface area contributed by atoms with E-state index >= 15 is 0 Å². The number of sulfonamides is 1. The number of hydrogen-bond acceptors (Lipinski definition) is 7. The SMILES string of the molecule is COC(=O)CCCS(=O)(=O)NC(CO)(CO)CO. The number of nitrogens with one attached hydrogen (secondary N) is 1. The molecule has 0 saturated carbocycles. The molecule has 0 aliphatic rings. The van der Waals surface area contributed by atoms with Gasteiger partial charge in [-0.1, -0.05) is 0 Å². The van der Waals surface area contributed by atoms with Crippen LogP contribution in [0.5, 0.6) is 0 Å². The lowest BCUT2D eigenvalue weighted by atomic mass is 10.1. The second kappa shape index (κ2) is 7.64. The number of carbonyl (C=O) groups excluding carboxylic acids is 1. The van der Waals surface area contributed by atoms with Crippen LogP contribution in [0.2, 0.25) is 0 Å². The van der Waals surface area contributed by atoms with Crippen LogP contribution in [0.15, 0.2) is 0 Å². The predicted octanol–water partition coefficient (Wildman–Crippen LogP) is -2.43. The maximum Gasteiger partial charge on any atom is 0.305 e. The van der Waals surface area contributed by atoms with E-state index in [4.69, 9.17) is 15.3 Å². The zero-order valence-corrected chi connectivity index (χ0v) is 10.9. The quantitative estimate of drug-likeness (QED) is 0.346. The van der Waals surface area contributed by atoms with Crippen LogP contribution < -0.4 is 4.72 Å². The molecule has 9 heteroatoms. The molecule has 0 amide bonds. The van der Waals surface area contributed by atoms with Gasteiger partial charge in [0.1, 0.15) is 5.54 Å². The molecule has 0 atom stereocenters. The molecule has 0 radical (unpaired) electrons. The van der Waals surface area contributed by atoms with Gasteiger partial charge in [0.05, 0.1) is 32.7 Å². The van der Waals surface area contributed by atoms with Gasteiger partial charge in [0.25, 0.3) is 0 Å². The molecule has 0 aliphatic carbocycles. The lowest BCUT2D eigenvalue weighted by Crippen LogP contribution is -2.57. The average molecular weight is 285 g/mol. The fraction of sp³-hybridized carbons (Fsp3) is 0.889. The number of aliphatic hydroxyl groups excluding tert-OH is 3. The number of hydrogen-bond donors (Lipinski definition) is 4. The minimum atomic E-state index is -3.82. The Labute approximate surface area is 106 Å². The molecule has 0 aromatic heterocycles. The highest BCUT2D eigenvalue weighted by molar-refractivity contribution is 7.89. The molecule has 0 aromatic rings. The summed E-state index contributed by atoms with van der Waals surface area (Å²) in [6.07, 6.45) is -0.0117. The van der Waals surface area contributed by atoms with Crippen LogP contribution in [0.1, 0.15) is 12.8 Å². The van der Waals surface area contributed by atoms with Crippen LogP contribution in [-0.4, -0.2) is 67.9 Å². The summed E-state index contributed by atoms with van der Waals surface area (Å²) in [5.41, 5.74) is -1.69. The number of methoxy groups -OCH3 is 1. The van der Waals surface area contributed by atoms with Crippen LogP contribution in [0, 0.1) is 0 Å². The third-order valence-corrected chi connectivity index (χ3v) is 3.87. The first-order chi connectivity index (χ1) is 8.34. The second-order valence-electron chi connectivity index (χ2n) is 3.86. The van der Waals surface area contributed by atoms with E-state index in [1.54, 1.807) is 0 Å². The molecule has 0 heterocycles.